The summed E-state index contributed by atoms with van der Waals surface area (Å²) < 4.78 is 5.98. The van der Waals surface area contributed by atoms with Crippen LogP contribution < -0.4 is 5.32 Å². The maximum absolute atomic E-state index is 5.98. The maximum Gasteiger partial charge on any atom is 0.0731 e. The number of nitrogens with one attached hydrogen (secondary N) is 1. The van der Waals surface area contributed by atoms with Crippen LogP contribution in [0.15, 0.2) is 24.3 Å². The summed E-state index contributed by atoms with van der Waals surface area (Å²) in [4.78, 5) is 0. The van der Waals surface area contributed by atoms with Gasteiger partial charge in [-0.05, 0) is 45.2 Å². The van der Waals surface area contributed by atoms with Gasteiger partial charge in [0.15, 0.2) is 0 Å². The number of benzene rings is 1. The van der Waals surface area contributed by atoms with Gasteiger partial charge in [-0.2, -0.15) is 0 Å². The highest BCUT2D eigenvalue weighted by Gasteiger charge is 2.20. The summed E-state index contributed by atoms with van der Waals surface area (Å²) in [6.45, 7) is 10.5. The van der Waals surface area contributed by atoms with Gasteiger partial charge in [0.1, 0.15) is 0 Å². The largest absolute Gasteiger partial charge is 0.377 e. The molecule has 0 amide bonds. The SMILES string of the molecule is CCCNC(Cc1ccc(C)cc1)C(CCC)OCC. The molecule has 2 unspecified atom stereocenters. The predicted molar refractivity (Wildman–Crippen MR) is 87.3 cm³/mol. The summed E-state index contributed by atoms with van der Waals surface area (Å²) in [6, 6.07) is 9.29. The lowest BCUT2D eigenvalue weighted by molar-refractivity contribution is 0.0282. The second-order valence-corrected chi connectivity index (χ2v) is 5.53. The Hall–Kier alpha value is -0.860. The molecule has 0 radical (unpaired) electrons. The molecule has 0 fully saturated rings. The highest BCUT2D eigenvalue weighted by molar-refractivity contribution is 5.22. The Morgan fingerprint density at radius 1 is 1.05 bits per heavy atom. The van der Waals surface area contributed by atoms with Crippen molar-refractivity contribution >= 4 is 0 Å². The maximum atomic E-state index is 5.98. The Morgan fingerprint density at radius 3 is 2.30 bits per heavy atom. The van der Waals surface area contributed by atoms with Crippen LogP contribution in [0.25, 0.3) is 0 Å². The molecule has 2 nitrogen and oxygen atoms in total. The van der Waals surface area contributed by atoms with Crippen LogP contribution in [-0.4, -0.2) is 25.3 Å². The first-order valence-corrected chi connectivity index (χ1v) is 8.11. The van der Waals surface area contributed by atoms with Gasteiger partial charge < -0.3 is 10.1 Å². The summed E-state index contributed by atoms with van der Waals surface area (Å²) in [6.07, 6.45) is 4.82. The van der Waals surface area contributed by atoms with Crippen molar-refractivity contribution < 1.29 is 4.74 Å². The summed E-state index contributed by atoms with van der Waals surface area (Å²) >= 11 is 0. The van der Waals surface area contributed by atoms with E-state index < -0.39 is 0 Å². The summed E-state index contributed by atoms with van der Waals surface area (Å²) in [5, 5.41) is 3.68. The van der Waals surface area contributed by atoms with Crippen LogP contribution in [0, 0.1) is 6.92 Å². The fourth-order valence-corrected chi connectivity index (χ4v) is 2.54. The first kappa shape index (κ1) is 17.2. The minimum atomic E-state index is 0.317. The average molecular weight is 277 g/mol. The van der Waals surface area contributed by atoms with Gasteiger partial charge in [-0.3, -0.25) is 0 Å². The van der Waals surface area contributed by atoms with E-state index >= 15 is 0 Å². The van der Waals surface area contributed by atoms with Gasteiger partial charge >= 0.3 is 0 Å². The van der Waals surface area contributed by atoms with E-state index in [0.717, 1.165) is 32.4 Å². The quantitative estimate of drug-likeness (QED) is 0.695. The molecule has 1 aromatic rings. The van der Waals surface area contributed by atoms with Gasteiger partial charge in [0.2, 0.25) is 0 Å². The van der Waals surface area contributed by atoms with Crippen LogP contribution in [0.3, 0.4) is 0 Å². The van der Waals surface area contributed by atoms with Crippen molar-refractivity contribution in [2.75, 3.05) is 13.2 Å². The van der Waals surface area contributed by atoms with E-state index in [1.165, 1.54) is 17.5 Å². The molecule has 1 aromatic carbocycles. The van der Waals surface area contributed by atoms with Crippen molar-refractivity contribution in [2.45, 2.75) is 65.5 Å². The fraction of sp³-hybridized carbons (Fsp3) is 0.667. The minimum absolute atomic E-state index is 0.317. The van der Waals surface area contributed by atoms with Crippen molar-refractivity contribution in [2.24, 2.45) is 0 Å². The van der Waals surface area contributed by atoms with Crippen LogP contribution in [0.1, 0.15) is 51.2 Å². The van der Waals surface area contributed by atoms with Gasteiger partial charge in [-0.15, -0.1) is 0 Å². The van der Waals surface area contributed by atoms with Gasteiger partial charge in [-0.25, -0.2) is 0 Å². The molecule has 0 aliphatic heterocycles. The summed E-state index contributed by atoms with van der Waals surface area (Å²) in [5.41, 5.74) is 2.71. The van der Waals surface area contributed by atoms with Crippen molar-refractivity contribution in [1.29, 1.82) is 0 Å². The van der Waals surface area contributed by atoms with Gasteiger partial charge in [-0.1, -0.05) is 50.1 Å². The third kappa shape index (κ3) is 6.06. The molecule has 1 N–H and O–H groups in total. The van der Waals surface area contributed by atoms with E-state index in [0.29, 0.717) is 12.1 Å². The summed E-state index contributed by atoms with van der Waals surface area (Å²) in [7, 11) is 0. The Morgan fingerprint density at radius 2 is 1.75 bits per heavy atom. The zero-order chi connectivity index (χ0) is 14.8. The number of hydrogen-bond acceptors (Lipinski definition) is 2. The van der Waals surface area contributed by atoms with E-state index in [-0.39, 0.29) is 0 Å². The number of ether oxygens (including phenoxy) is 1. The predicted octanol–water partition coefficient (Wildman–Crippen LogP) is 4.11. The summed E-state index contributed by atoms with van der Waals surface area (Å²) in [5.74, 6) is 0. The number of aryl methyl sites for hydroxylation is 1. The molecule has 0 saturated heterocycles. The molecule has 0 aliphatic carbocycles. The molecular weight excluding hydrogens is 246 g/mol. The molecule has 0 aromatic heterocycles. The van der Waals surface area contributed by atoms with E-state index in [4.69, 9.17) is 4.74 Å². The minimum Gasteiger partial charge on any atom is -0.377 e. The van der Waals surface area contributed by atoms with Crippen LogP contribution in [0.4, 0.5) is 0 Å². The van der Waals surface area contributed by atoms with E-state index in [1.807, 2.05) is 0 Å². The topological polar surface area (TPSA) is 21.3 Å². The zero-order valence-electron chi connectivity index (χ0n) is 13.6. The molecule has 1 rings (SSSR count). The standard InChI is InChI=1S/C18H31NO/c1-5-8-18(20-7-3)17(19-13-6-2)14-16-11-9-15(4)10-12-16/h9-12,17-19H,5-8,13-14H2,1-4H3. The lowest BCUT2D eigenvalue weighted by Crippen LogP contribution is -2.43. The van der Waals surface area contributed by atoms with Crippen LogP contribution >= 0.6 is 0 Å². The third-order valence-corrected chi connectivity index (χ3v) is 3.64. The molecule has 20 heavy (non-hydrogen) atoms. The van der Waals surface area contributed by atoms with Crippen LogP contribution in [-0.2, 0) is 11.2 Å². The van der Waals surface area contributed by atoms with E-state index in [1.54, 1.807) is 0 Å². The molecule has 0 bridgehead atoms. The third-order valence-electron chi connectivity index (χ3n) is 3.64. The Bertz CT molecular complexity index is 341. The molecule has 2 atom stereocenters. The van der Waals surface area contributed by atoms with Gasteiger partial charge in [0, 0.05) is 12.6 Å². The monoisotopic (exact) mass is 277 g/mol. The van der Waals surface area contributed by atoms with E-state index in [2.05, 4.69) is 57.3 Å². The van der Waals surface area contributed by atoms with Gasteiger partial charge in [0.05, 0.1) is 6.10 Å². The second-order valence-electron chi connectivity index (χ2n) is 5.53. The lowest BCUT2D eigenvalue weighted by Gasteiger charge is -2.28. The van der Waals surface area contributed by atoms with Crippen LogP contribution in [0.2, 0.25) is 0 Å². The molecule has 2 heteroatoms. The van der Waals surface area contributed by atoms with Crippen LogP contribution in [0.5, 0.6) is 0 Å². The second kappa shape index (κ2) is 9.95. The lowest BCUT2D eigenvalue weighted by atomic mass is 9.97. The zero-order valence-corrected chi connectivity index (χ0v) is 13.6. The molecule has 0 aliphatic rings. The molecule has 0 saturated carbocycles. The van der Waals surface area contributed by atoms with Gasteiger partial charge in [0.25, 0.3) is 0 Å². The highest BCUT2D eigenvalue weighted by atomic mass is 16.5. The first-order valence-electron chi connectivity index (χ1n) is 8.11. The van der Waals surface area contributed by atoms with Crippen molar-refractivity contribution in [3.8, 4) is 0 Å². The first-order chi connectivity index (χ1) is 9.71. The van der Waals surface area contributed by atoms with Crippen molar-refractivity contribution in [3.63, 3.8) is 0 Å². The molecule has 114 valence electrons. The Labute approximate surface area is 124 Å². The molecule has 0 spiro atoms. The van der Waals surface area contributed by atoms with Crippen molar-refractivity contribution in [3.05, 3.63) is 35.4 Å². The van der Waals surface area contributed by atoms with E-state index in [9.17, 15) is 0 Å². The molecule has 0 heterocycles. The average Bonchev–Trinajstić information content (AvgIpc) is 2.45. The smallest absolute Gasteiger partial charge is 0.0731 e. The number of hydrogen-bond donors (Lipinski definition) is 1. The highest BCUT2D eigenvalue weighted by Crippen LogP contribution is 2.14. The normalized spacial score (nSPS) is 14.2. The fourth-order valence-electron chi connectivity index (χ4n) is 2.54. The Kier molecular flexibility index (Phi) is 8.56. The van der Waals surface area contributed by atoms with Crippen molar-refractivity contribution in [1.82, 2.24) is 5.32 Å². The number of rotatable bonds is 10. The Balaban J connectivity index is 2.72. The molecular formula is C18H31NO.